The van der Waals surface area contributed by atoms with Gasteiger partial charge >= 0.3 is 5.97 Å². The van der Waals surface area contributed by atoms with Crippen LogP contribution < -0.4 is 4.74 Å². The van der Waals surface area contributed by atoms with E-state index in [0.717, 1.165) is 11.4 Å². The summed E-state index contributed by atoms with van der Waals surface area (Å²) in [6, 6.07) is 3.57. The molecule has 2 aromatic rings. The minimum Gasteiger partial charge on any atom is -0.479 e. The Labute approximate surface area is 105 Å². The second kappa shape index (κ2) is 4.68. The largest absolute Gasteiger partial charge is 0.479 e. The van der Waals surface area contributed by atoms with E-state index in [1.54, 1.807) is 13.0 Å². The number of rotatable bonds is 4. The monoisotopic (exact) mass is 248 g/mol. The second-order valence-corrected chi connectivity index (χ2v) is 4.20. The summed E-state index contributed by atoms with van der Waals surface area (Å²) in [6.45, 7) is 5.66. The van der Waals surface area contributed by atoms with Crippen molar-refractivity contribution < 1.29 is 14.6 Å². The van der Waals surface area contributed by atoms with E-state index >= 15 is 0 Å². The SMILES string of the molecule is CCC(Oc1cccn2c(C)c(C)nc12)C(=O)O. The number of carbonyl (C=O) groups is 1. The average molecular weight is 248 g/mol. The minimum atomic E-state index is -0.959. The third-order valence-electron chi connectivity index (χ3n) is 3.01. The molecule has 0 saturated heterocycles. The molecule has 2 aromatic heterocycles. The van der Waals surface area contributed by atoms with E-state index in [4.69, 9.17) is 9.84 Å². The van der Waals surface area contributed by atoms with Crippen molar-refractivity contribution in [1.82, 2.24) is 9.38 Å². The first-order chi connectivity index (χ1) is 8.54. The van der Waals surface area contributed by atoms with E-state index in [1.165, 1.54) is 0 Å². The quantitative estimate of drug-likeness (QED) is 0.900. The molecule has 1 unspecified atom stereocenters. The number of carboxylic acids is 1. The number of pyridine rings is 1. The van der Waals surface area contributed by atoms with Crippen LogP contribution in [0, 0.1) is 13.8 Å². The number of hydrogen-bond acceptors (Lipinski definition) is 3. The molecule has 0 radical (unpaired) electrons. The molecule has 0 aliphatic heterocycles. The van der Waals surface area contributed by atoms with Gasteiger partial charge in [0.2, 0.25) is 0 Å². The van der Waals surface area contributed by atoms with Gasteiger partial charge in [-0.1, -0.05) is 6.92 Å². The highest BCUT2D eigenvalue weighted by Crippen LogP contribution is 2.23. The van der Waals surface area contributed by atoms with Gasteiger partial charge in [0, 0.05) is 11.9 Å². The van der Waals surface area contributed by atoms with Gasteiger partial charge in [0.1, 0.15) is 0 Å². The van der Waals surface area contributed by atoms with Gasteiger partial charge in [-0.2, -0.15) is 0 Å². The standard InChI is InChI=1S/C13H16N2O3/c1-4-10(13(16)17)18-11-6-5-7-15-9(3)8(2)14-12(11)15/h5-7,10H,4H2,1-3H3,(H,16,17). The van der Waals surface area contributed by atoms with Crippen LogP contribution in [0.15, 0.2) is 18.3 Å². The molecule has 2 heterocycles. The maximum Gasteiger partial charge on any atom is 0.344 e. The van der Waals surface area contributed by atoms with Crippen molar-refractivity contribution in [1.29, 1.82) is 0 Å². The number of aromatic nitrogens is 2. The number of aryl methyl sites for hydroxylation is 2. The Hall–Kier alpha value is -2.04. The molecule has 0 saturated carbocycles. The molecule has 0 bridgehead atoms. The Balaban J connectivity index is 2.45. The predicted octanol–water partition coefficient (Wildman–Crippen LogP) is 2.19. The molecule has 0 aliphatic carbocycles. The van der Waals surface area contributed by atoms with Crippen molar-refractivity contribution in [3.8, 4) is 5.75 Å². The molecule has 96 valence electrons. The second-order valence-electron chi connectivity index (χ2n) is 4.20. The van der Waals surface area contributed by atoms with Crippen molar-refractivity contribution in [2.24, 2.45) is 0 Å². The van der Waals surface area contributed by atoms with Crippen molar-refractivity contribution >= 4 is 11.6 Å². The van der Waals surface area contributed by atoms with Crippen LogP contribution in [0.4, 0.5) is 0 Å². The molecule has 5 nitrogen and oxygen atoms in total. The lowest BCUT2D eigenvalue weighted by Gasteiger charge is -2.13. The van der Waals surface area contributed by atoms with Gasteiger partial charge in [0.25, 0.3) is 0 Å². The average Bonchev–Trinajstić information content (AvgIpc) is 2.63. The van der Waals surface area contributed by atoms with Gasteiger partial charge in [-0.25, -0.2) is 9.78 Å². The zero-order valence-corrected chi connectivity index (χ0v) is 10.7. The first-order valence-corrected chi connectivity index (χ1v) is 5.88. The van der Waals surface area contributed by atoms with Crippen LogP contribution in [-0.4, -0.2) is 26.6 Å². The molecule has 1 N–H and O–H groups in total. The fourth-order valence-corrected chi connectivity index (χ4v) is 1.83. The summed E-state index contributed by atoms with van der Waals surface area (Å²) in [6.07, 6.45) is 1.46. The summed E-state index contributed by atoms with van der Waals surface area (Å²) in [7, 11) is 0. The molecule has 5 heteroatoms. The summed E-state index contributed by atoms with van der Waals surface area (Å²) >= 11 is 0. The highest BCUT2D eigenvalue weighted by atomic mass is 16.5. The summed E-state index contributed by atoms with van der Waals surface area (Å²) < 4.78 is 7.43. The van der Waals surface area contributed by atoms with Gasteiger partial charge in [0.15, 0.2) is 17.5 Å². The molecule has 18 heavy (non-hydrogen) atoms. The van der Waals surface area contributed by atoms with Crippen LogP contribution in [0.2, 0.25) is 0 Å². The van der Waals surface area contributed by atoms with Gasteiger partial charge in [-0.3, -0.25) is 0 Å². The third kappa shape index (κ3) is 2.03. The lowest BCUT2D eigenvalue weighted by molar-refractivity contribution is -0.145. The van der Waals surface area contributed by atoms with E-state index in [0.29, 0.717) is 17.8 Å². The zero-order valence-electron chi connectivity index (χ0n) is 10.7. The Morgan fingerprint density at radius 1 is 1.56 bits per heavy atom. The van der Waals surface area contributed by atoms with Gasteiger partial charge in [-0.15, -0.1) is 0 Å². The first-order valence-electron chi connectivity index (χ1n) is 5.88. The molecule has 2 rings (SSSR count). The normalized spacial score (nSPS) is 12.6. The summed E-state index contributed by atoms with van der Waals surface area (Å²) in [5.74, 6) is -0.456. The Kier molecular flexibility index (Phi) is 3.23. The Morgan fingerprint density at radius 3 is 2.89 bits per heavy atom. The van der Waals surface area contributed by atoms with E-state index in [1.807, 2.05) is 30.5 Å². The Morgan fingerprint density at radius 2 is 2.28 bits per heavy atom. The van der Waals surface area contributed by atoms with Gasteiger partial charge in [0.05, 0.1) is 5.69 Å². The number of ether oxygens (including phenoxy) is 1. The van der Waals surface area contributed by atoms with Crippen molar-refractivity contribution in [3.05, 3.63) is 29.7 Å². The Bertz CT molecular complexity index is 589. The number of nitrogens with zero attached hydrogens (tertiary/aromatic N) is 2. The fraction of sp³-hybridized carbons (Fsp3) is 0.385. The highest BCUT2D eigenvalue weighted by Gasteiger charge is 2.19. The number of carboxylic acid groups (broad SMARTS) is 1. The third-order valence-corrected chi connectivity index (χ3v) is 3.01. The van der Waals surface area contributed by atoms with Gasteiger partial charge < -0.3 is 14.2 Å². The predicted molar refractivity (Wildman–Crippen MR) is 67.0 cm³/mol. The fourth-order valence-electron chi connectivity index (χ4n) is 1.83. The summed E-state index contributed by atoms with van der Waals surface area (Å²) in [5, 5.41) is 9.01. The van der Waals surface area contributed by atoms with Crippen molar-refractivity contribution in [2.75, 3.05) is 0 Å². The van der Waals surface area contributed by atoms with Crippen LogP contribution in [0.1, 0.15) is 24.7 Å². The number of hydrogen-bond donors (Lipinski definition) is 1. The maximum atomic E-state index is 11.0. The van der Waals surface area contributed by atoms with E-state index < -0.39 is 12.1 Å². The molecule has 0 aliphatic rings. The molecular weight excluding hydrogens is 232 g/mol. The van der Waals surface area contributed by atoms with Crippen molar-refractivity contribution in [2.45, 2.75) is 33.3 Å². The molecular formula is C13H16N2O3. The van der Waals surface area contributed by atoms with Crippen LogP contribution in [0.25, 0.3) is 5.65 Å². The summed E-state index contributed by atoms with van der Waals surface area (Å²) in [4.78, 5) is 15.4. The first kappa shape index (κ1) is 12.4. The molecule has 0 amide bonds. The zero-order chi connectivity index (χ0) is 13.3. The lowest BCUT2D eigenvalue weighted by atomic mass is 10.3. The highest BCUT2D eigenvalue weighted by molar-refractivity contribution is 5.73. The number of aliphatic carboxylic acids is 1. The smallest absolute Gasteiger partial charge is 0.344 e. The molecule has 1 atom stereocenters. The van der Waals surface area contributed by atoms with E-state index in [2.05, 4.69) is 4.98 Å². The van der Waals surface area contributed by atoms with Crippen LogP contribution in [0.3, 0.4) is 0 Å². The van der Waals surface area contributed by atoms with Crippen molar-refractivity contribution in [3.63, 3.8) is 0 Å². The topological polar surface area (TPSA) is 63.8 Å². The van der Waals surface area contributed by atoms with Crippen LogP contribution in [-0.2, 0) is 4.79 Å². The van der Waals surface area contributed by atoms with Crippen LogP contribution in [0.5, 0.6) is 5.75 Å². The van der Waals surface area contributed by atoms with E-state index in [-0.39, 0.29) is 0 Å². The summed E-state index contributed by atoms with van der Waals surface area (Å²) in [5.41, 5.74) is 2.60. The number of fused-ring (bicyclic) bond motifs is 1. The molecule has 0 spiro atoms. The minimum absolute atomic E-state index is 0.412. The van der Waals surface area contributed by atoms with Gasteiger partial charge in [-0.05, 0) is 32.4 Å². The maximum absolute atomic E-state index is 11.0. The lowest BCUT2D eigenvalue weighted by Crippen LogP contribution is -2.26. The molecule has 0 aromatic carbocycles. The van der Waals surface area contributed by atoms with E-state index in [9.17, 15) is 4.79 Å². The van der Waals surface area contributed by atoms with Crippen LogP contribution >= 0.6 is 0 Å². The number of imidazole rings is 1. The molecule has 0 fully saturated rings.